The van der Waals surface area contributed by atoms with Gasteiger partial charge in [0.25, 0.3) is 5.91 Å². The van der Waals surface area contributed by atoms with Crippen molar-refractivity contribution in [1.82, 2.24) is 10.3 Å². The van der Waals surface area contributed by atoms with Crippen molar-refractivity contribution in [2.45, 2.75) is 6.54 Å². The minimum atomic E-state index is -0.330. The first-order chi connectivity index (χ1) is 15.6. The Kier molecular flexibility index (Phi) is 6.17. The summed E-state index contributed by atoms with van der Waals surface area (Å²) in [6, 6.07) is 18.4. The quantitative estimate of drug-likeness (QED) is 0.440. The Morgan fingerprint density at radius 3 is 2.56 bits per heavy atom. The van der Waals surface area contributed by atoms with Crippen molar-refractivity contribution < 1.29 is 23.1 Å². The summed E-state index contributed by atoms with van der Waals surface area (Å²) in [7, 11) is 3.15. The number of carbonyl (C=O) groups excluding carboxylic acids is 1. The van der Waals surface area contributed by atoms with Crippen LogP contribution in [0.3, 0.4) is 0 Å². The Labute approximate surface area is 184 Å². The highest BCUT2D eigenvalue weighted by Crippen LogP contribution is 2.29. The van der Waals surface area contributed by atoms with E-state index in [-0.39, 0.29) is 18.3 Å². The largest absolute Gasteiger partial charge is 0.497 e. The lowest BCUT2D eigenvalue weighted by atomic mass is 10.1. The third-order valence-electron chi connectivity index (χ3n) is 4.96. The van der Waals surface area contributed by atoms with Gasteiger partial charge < -0.3 is 19.2 Å². The van der Waals surface area contributed by atoms with E-state index in [9.17, 15) is 9.18 Å². The van der Waals surface area contributed by atoms with Crippen LogP contribution in [-0.2, 0) is 6.54 Å². The average molecular weight is 432 g/mol. The summed E-state index contributed by atoms with van der Waals surface area (Å²) in [5, 5.41) is 2.91. The van der Waals surface area contributed by atoms with Gasteiger partial charge in [0.05, 0.1) is 26.0 Å². The van der Waals surface area contributed by atoms with Crippen LogP contribution in [0.5, 0.6) is 11.5 Å². The highest BCUT2D eigenvalue weighted by molar-refractivity contribution is 6.00. The normalized spacial score (nSPS) is 10.6. The predicted molar refractivity (Wildman–Crippen MR) is 118 cm³/mol. The number of amides is 1. The Hall–Kier alpha value is -4.13. The molecular formula is C25H21FN2O4. The fourth-order valence-corrected chi connectivity index (χ4v) is 3.30. The third kappa shape index (κ3) is 4.46. The number of halogens is 1. The fourth-order valence-electron chi connectivity index (χ4n) is 3.30. The van der Waals surface area contributed by atoms with Gasteiger partial charge in [0.2, 0.25) is 5.89 Å². The van der Waals surface area contributed by atoms with Crippen molar-refractivity contribution in [2.24, 2.45) is 0 Å². The van der Waals surface area contributed by atoms with Gasteiger partial charge in [-0.15, -0.1) is 0 Å². The van der Waals surface area contributed by atoms with Crippen LogP contribution in [0.2, 0.25) is 0 Å². The molecule has 0 fully saturated rings. The molecule has 0 spiro atoms. The minimum Gasteiger partial charge on any atom is -0.497 e. The zero-order valence-corrected chi connectivity index (χ0v) is 17.6. The third-order valence-corrected chi connectivity index (χ3v) is 4.96. The van der Waals surface area contributed by atoms with Gasteiger partial charge in [-0.2, -0.15) is 0 Å². The number of nitrogens with zero attached hydrogens (tertiary/aromatic N) is 1. The lowest BCUT2D eigenvalue weighted by Crippen LogP contribution is -2.23. The zero-order chi connectivity index (χ0) is 22.5. The van der Waals surface area contributed by atoms with E-state index < -0.39 is 0 Å². The van der Waals surface area contributed by atoms with Gasteiger partial charge in [0.15, 0.2) is 5.76 Å². The molecular weight excluding hydrogens is 411 g/mol. The number of ether oxygens (including phenoxy) is 2. The molecule has 0 aliphatic heterocycles. The number of aromatic nitrogens is 1. The first-order valence-corrected chi connectivity index (χ1v) is 9.89. The second-order valence-electron chi connectivity index (χ2n) is 6.94. The van der Waals surface area contributed by atoms with Gasteiger partial charge in [-0.3, -0.25) is 4.79 Å². The van der Waals surface area contributed by atoms with Crippen LogP contribution < -0.4 is 14.8 Å². The Morgan fingerprint density at radius 1 is 1.03 bits per heavy atom. The molecule has 0 aliphatic carbocycles. The highest BCUT2D eigenvalue weighted by atomic mass is 19.1. The van der Waals surface area contributed by atoms with Crippen LogP contribution >= 0.6 is 0 Å². The van der Waals surface area contributed by atoms with E-state index in [4.69, 9.17) is 13.9 Å². The summed E-state index contributed by atoms with van der Waals surface area (Å²) in [6.07, 6.45) is 1.55. The Bertz CT molecular complexity index is 1230. The lowest BCUT2D eigenvalue weighted by molar-refractivity contribution is 0.0951. The molecule has 0 unspecified atom stereocenters. The van der Waals surface area contributed by atoms with E-state index in [1.165, 1.54) is 12.1 Å². The highest BCUT2D eigenvalue weighted by Gasteiger charge is 2.17. The van der Waals surface area contributed by atoms with Crippen molar-refractivity contribution in [3.63, 3.8) is 0 Å². The molecule has 4 aromatic rings. The predicted octanol–water partition coefficient (Wildman–Crippen LogP) is 5.09. The molecule has 7 heteroatoms. The summed E-state index contributed by atoms with van der Waals surface area (Å²) in [5.74, 6) is 1.49. The smallest absolute Gasteiger partial charge is 0.252 e. The average Bonchev–Trinajstić information content (AvgIpc) is 3.33. The number of oxazole rings is 1. The minimum absolute atomic E-state index is 0.250. The van der Waals surface area contributed by atoms with E-state index >= 15 is 0 Å². The second-order valence-corrected chi connectivity index (χ2v) is 6.94. The monoisotopic (exact) mass is 432 g/mol. The van der Waals surface area contributed by atoms with Crippen LogP contribution in [0.15, 0.2) is 77.3 Å². The van der Waals surface area contributed by atoms with Crippen molar-refractivity contribution >= 4 is 5.91 Å². The first kappa shape index (κ1) is 21.1. The molecule has 6 nitrogen and oxygen atoms in total. The van der Waals surface area contributed by atoms with Gasteiger partial charge in [-0.05, 0) is 54.6 Å². The molecule has 162 valence electrons. The molecule has 1 amide bonds. The van der Waals surface area contributed by atoms with Crippen LogP contribution in [-0.4, -0.2) is 25.1 Å². The Morgan fingerprint density at radius 2 is 1.81 bits per heavy atom. The van der Waals surface area contributed by atoms with Crippen LogP contribution in [0.4, 0.5) is 4.39 Å². The molecule has 1 aromatic heterocycles. The number of rotatable bonds is 7. The SMILES string of the molecule is COc1ccc(OC)c(CNC(=O)c2ccccc2-c2ncc(-c3ccc(F)cc3)o2)c1. The molecule has 3 aromatic carbocycles. The molecule has 4 rings (SSSR count). The molecule has 0 aliphatic rings. The molecule has 1 N–H and O–H groups in total. The van der Waals surface area contributed by atoms with Gasteiger partial charge in [-0.25, -0.2) is 9.37 Å². The molecule has 0 saturated heterocycles. The molecule has 0 saturated carbocycles. The summed E-state index contributed by atoms with van der Waals surface area (Å²) in [5.41, 5.74) is 2.45. The molecule has 32 heavy (non-hydrogen) atoms. The van der Waals surface area contributed by atoms with E-state index in [0.29, 0.717) is 39.8 Å². The van der Waals surface area contributed by atoms with E-state index in [1.54, 1.807) is 68.9 Å². The van der Waals surface area contributed by atoms with Gasteiger partial charge in [0.1, 0.15) is 17.3 Å². The number of benzene rings is 3. The van der Waals surface area contributed by atoms with E-state index in [2.05, 4.69) is 10.3 Å². The van der Waals surface area contributed by atoms with Crippen molar-refractivity contribution in [2.75, 3.05) is 14.2 Å². The van der Waals surface area contributed by atoms with Gasteiger partial charge >= 0.3 is 0 Å². The standard InChI is InChI=1S/C25H21FN2O4/c1-30-19-11-12-22(31-2)17(13-19)14-27-24(29)20-5-3-4-6-21(20)25-28-15-23(32-25)16-7-9-18(26)10-8-16/h3-13,15H,14H2,1-2H3,(H,27,29). The lowest BCUT2D eigenvalue weighted by Gasteiger charge is -2.12. The van der Waals surface area contributed by atoms with Crippen molar-refractivity contribution in [1.29, 1.82) is 0 Å². The van der Waals surface area contributed by atoms with E-state index in [1.807, 2.05) is 6.07 Å². The number of carbonyl (C=O) groups is 1. The van der Waals surface area contributed by atoms with Crippen LogP contribution in [0.25, 0.3) is 22.8 Å². The number of nitrogens with one attached hydrogen (secondary N) is 1. The van der Waals surface area contributed by atoms with Crippen molar-refractivity contribution in [3.8, 4) is 34.3 Å². The van der Waals surface area contributed by atoms with E-state index in [0.717, 1.165) is 5.56 Å². The van der Waals surface area contributed by atoms with Crippen molar-refractivity contribution in [3.05, 3.63) is 89.9 Å². The summed E-state index contributed by atoms with van der Waals surface area (Å²) in [6.45, 7) is 0.250. The molecule has 0 radical (unpaired) electrons. The molecule has 1 heterocycles. The topological polar surface area (TPSA) is 73.6 Å². The first-order valence-electron chi connectivity index (χ1n) is 9.89. The van der Waals surface area contributed by atoms with Gasteiger partial charge in [0, 0.05) is 23.2 Å². The maximum absolute atomic E-state index is 13.2. The Balaban J connectivity index is 1.56. The maximum Gasteiger partial charge on any atom is 0.252 e. The summed E-state index contributed by atoms with van der Waals surface area (Å²) < 4.78 is 29.7. The molecule has 0 atom stereocenters. The fraction of sp³-hybridized carbons (Fsp3) is 0.120. The summed E-state index contributed by atoms with van der Waals surface area (Å²) in [4.78, 5) is 17.3. The maximum atomic E-state index is 13.2. The zero-order valence-electron chi connectivity index (χ0n) is 17.6. The van der Waals surface area contributed by atoms with Crippen LogP contribution in [0.1, 0.15) is 15.9 Å². The van der Waals surface area contributed by atoms with Gasteiger partial charge in [-0.1, -0.05) is 12.1 Å². The second kappa shape index (κ2) is 9.34. The number of hydrogen-bond acceptors (Lipinski definition) is 5. The van der Waals surface area contributed by atoms with Crippen LogP contribution in [0, 0.1) is 5.82 Å². The summed E-state index contributed by atoms with van der Waals surface area (Å²) >= 11 is 0. The molecule has 0 bridgehead atoms. The number of methoxy groups -OCH3 is 2. The number of hydrogen-bond donors (Lipinski definition) is 1.